The Morgan fingerprint density at radius 2 is 0.704 bits per heavy atom. The fourth-order valence-electron chi connectivity index (χ4n) is 9.17. The van der Waals surface area contributed by atoms with Crippen molar-refractivity contribution in [3.8, 4) is 33.4 Å². The second-order valence-electron chi connectivity index (χ2n) is 14.3. The van der Waals surface area contributed by atoms with Gasteiger partial charge in [-0.1, -0.05) is 170 Å². The van der Waals surface area contributed by atoms with E-state index in [0.29, 0.717) is 0 Å². The topological polar surface area (TPSA) is 0 Å². The van der Waals surface area contributed by atoms with E-state index in [1.807, 2.05) is 22.7 Å². The van der Waals surface area contributed by atoms with E-state index in [1.165, 1.54) is 117 Å². The summed E-state index contributed by atoms with van der Waals surface area (Å²) in [5.74, 6) is 0. The largest absolute Gasteiger partial charge is 0.135 e. The van der Waals surface area contributed by atoms with E-state index in [2.05, 4.69) is 182 Å². The Kier molecular flexibility index (Phi) is 6.48. The molecule has 0 aliphatic heterocycles. The zero-order chi connectivity index (χ0) is 35.3. The average molecular weight is 719 g/mol. The van der Waals surface area contributed by atoms with Gasteiger partial charge in [0.2, 0.25) is 0 Å². The molecular formula is C52H30S2. The molecule has 0 spiro atoms. The molecule has 12 rings (SSSR count). The van der Waals surface area contributed by atoms with E-state index in [4.69, 9.17) is 0 Å². The van der Waals surface area contributed by atoms with Crippen molar-refractivity contribution in [2.24, 2.45) is 0 Å². The van der Waals surface area contributed by atoms with Crippen molar-refractivity contribution in [3.63, 3.8) is 0 Å². The normalized spacial score (nSPS) is 12.1. The molecule has 0 fully saturated rings. The first-order valence-electron chi connectivity index (χ1n) is 18.5. The van der Waals surface area contributed by atoms with Gasteiger partial charge in [-0.05, 0) is 77.8 Å². The monoisotopic (exact) mass is 718 g/mol. The molecule has 0 amide bonds. The lowest BCUT2D eigenvalue weighted by Crippen LogP contribution is -1.92. The lowest BCUT2D eigenvalue weighted by atomic mass is 9.83. The lowest BCUT2D eigenvalue weighted by Gasteiger charge is -2.19. The molecule has 250 valence electrons. The minimum atomic E-state index is 1.24. The van der Waals surface area contributed by atoms with Gasteiger partial charge in [0.1, 0.15) is 0 Å². The van der Waals surface area contributed by atoms with Crippen molar-refractivity contribution in [1.82, 2.24) is 0 Å². The Balaban J connectivity index is 1.15. The van der Waals surface area contributed by atoms with Crippen molar-refractivity contribution in [3.05, 3.63) is 182 Å². The molecule has 0 atom stereocenters. The minimum Gasteiger partial charge on any atom is -0.135 e. The van der Waals surface area contributed by atoms with Crippen LogP contribution in [0.1, 0.15) is 0 Å². The summed E-state index contributed by atoms with van der Waals surface area (Å²) in [6, 6.07) is 67.6. The smallest absolute Gasteiger partial charge is 0.0441 e. The van der Waals surface area contributed by atoms with Crippen LogP contribution in [0.3, 0.4) is 0 Å². The van der Waals surface area contributed by atoms with Crippen LogP contribution in [0.2, 0.25) is 0 Å². The van der Waals surface area contributed by atoms with Gasteiger partial charge in [-0.25, -0.2) is 0 Å². The van der Waals surface area contributed by atoms with Gasteiger partial charge in [0.05, 0.1) is 0 Å². The average Bonchev–Trinajstić information content (AvgIpc) is 3.82. The van der Waals surface area contributed by atoms with Crippen LogP contribution in [0.4, 0.5) is 0 Å². The Morgan fingerprint density at radius 1 is 0.259 bits per heavy atom. The summed E-state index contributed by atoms with van der Waals surface area (Å²) in [7, 11) is 0. The number of rotatable bonds is 3. The van der Waals surface area contributed by atoms with Gasteiger partial charge < -0.3 is 0 Å². The minimum absolute atomic E-state index is 1.24. The third-order valence-corrected chi connectivity index (χ3v) is 13.8. The van der Waals surface area contributed by atoms with E-state index in [1.54, 1.807) is 0 Å². The molecule has 0 saturated carbocycles. The van der Waals surface area contributed by atoms with E-state index < -0.39 is 0 Å². The van der Waals surface area contributed by atoms with Gasteiger partial charge in [-0.2, -0.15) is 0 Å². The zero-order valence-corrected chi connectivity index (χ0v) is 30.8. The van der Waals surface area contributed by atoms with Crippen molar-refractivity contribution >= 4 is 106 Å². The van der Waals surface area contributed by atoms with Gasteiger partial charge in [0.25, 0.3) is 0 Å². The number of hydrogen-bond acceptors (Lipinski definition) is 2. The lowest BCUT2D eigenvalue weighted by molar-refractivity contribution is 1.64. The van der Waals surface area contributed by atoms with Crippen molar-refractivity contribution in [2.75, 3.05) is 0 Å². The molecule has 10 aromatic carbocycles. The van der Waals surface area contributed by atoms with Crippen LogP contribution in [0, 0.1) is 0 Å². The van der Waals surface area contributed by atoms with Gasteiger partial charge in [-0.15, -0.1) is 22.7 Å². The molecule has 12 aromatic rings. The Hall–Kier alpha value is -6.32. The summed E-state index contributed by atoms with van der Waals surface area (Å²) in [4.78, 5) is 0. The SMILES string of the molecule is c1ccc(-c2ccc(-c3c4ccccc4c(-c4ccc5c(c4)sc4c6ccccc6c6sc7ccccc7c6c54)c4ccccc34)c3ccccc23)cc1. The number of benzene rings is 10. The molecule has 0 bridgehead atoms. The summed E-state index contributed by atoms with van der Waals surface area (Å²) >= 11 is 3.87. The maximum absolute atomic E-state index is 2.47. The van der Waals surface area contributed by atoms with E-state index in [-0.39, 0.29) is 0 Å². The molecule has 2 aromatic heterocycles. The predicted octanol–water partition coefficient (Wildman–Crippen LogP) is 16.0. The number of hydrogen-bond donors (Lipinski definition) is 0. The molecule has 0 radical (unpaired) electrons. The Morgan fingerprint density at radius 3 is 1.33 bits per heavy atom. The van der Waals surface area contributed by atoms with Crippen LogP contribution >= 0.6 is 22.7 Å². The van der Waals surface area contributed by atoms with E-state index in [9.17, 15) is 0 Å². The molecule has 2 heteroatoms. The highest BCUT2D eigenvalue weighted by atomic mass is 32.1. The Labute approximate surface area is 319 Å². The highest BCUT2D eigenvalue weighted by molar-refractivity contribution is 7.29. The summed E-state index contributed by atoms with van der Waals surface area (Å²) < 4.78 is 5.45. The summed E-state index contributed by atoms with van der Waals surface area (Å²) in [5, 5.41) is 15.8. The van der Waals surface area contributed by atoms with Gasteiger partial charge in [-0.3, -0.25) is 0 Å². The summed E-state index contributed by atoms with van der Waals surface area (Å²) in [6.07, 6.45) is 0. The van der Waals surface area contributed by atoms with Crippen molar-refractivity contribution in [2.45, 2.75) is 0 Å². The van der Waals surface area contributed by atoms with Gasteiger partial charge in [0, 0.05) is 51.1 Å². The fraction of sp³-hybridized carbons (Fsp3) is 0. The van der Waals surface area contributed by atoms with E-state index in [0.717, 1.165) is 0 Å². The van der Waals surface area contributed by atoms with Crippen LogP contribution in [0.5, 0.6) is 0 Å². The predicted molar refractivity (Wildman–Crippen MR) is 239 cm³/mol. The molecule has 0 N–H and O–H groups in total. The highest BCUT2D eigenvalue weighted by Crippen LogP contribution is 2.51. The molecule has 0 nitrogen and oxygen atoms in total. The van der Waals surface area contributed by atoms with E-state index >= 15 is 0 Å². The fourth-order valence-corrected chi connectivity index (χ4v) is 11.7. The third kappa shape index (κ3) is 4.24. The summed E-state index contributed by atoms with van der Waals surface area (Å²) in [6.45, 7) is 0. The molecule has 0 aliphatic rings. The summed E-state index contributed by atoms with van der Waals surface area (Å²) in [5.41, 5.74) is 7.61. The number of fused-ring (bicyclic) bond motifs is 13. The molecule has 0 aliphatic carbocycles. The first-order chi connectivity index (χ1) is 26.8. The first kappa shape index (κ1) is 30.2. The molecule has 0 saturated heterocycles. The number of thiophene rings is 2. The first-order valence-corrected chi connectivity index (χ1v) is 20.1. The van der Waals surface area contributed by atoms with Gasteiger partial charge in [0.15, 0.2) is 0 Å². The standard InChI is InChI=1S/C52H30S2/c1-2-14-31(15-3-1)33-28-29-40(35-17-5-4-16-34(33)35)48-38-20-8-6-18-36(38)47(37-19-7-9-21-39(37)48)32-26-27-44-46(30-32)54-52-42-23-11-10-22-41(42)51-49(50(44)52)43-24-12-13-25-45(43)53-51/h1-30H. The second-order valence-corrected chi connectivity index (χ2v) is 16.4. The Bertz CT molecular complexity index is 3430. The maximum Gasteiger partial charge on any atom is 0.0441 e. The van der Waals surface area contributed by atoms with Gasteiger partial charge >= 0.3 is 0 Å². The highest BCUT2D eigenvalue weighted by Gasteiger charge is 2.21. The van der Waals surface area contributed by atoms with Crippen LogP contribution < -0.4 is 0 Å². The second kappa shape index (κ2) is 11.6. The molecular weight excluding hydrogens is 689 g/mol. The molecule has 2 heterocycles. The third-order valence-electron chi connectivity index (χ3n) is 11.5. The maximum atomic E-state index is 2.47. The quantitative estimate of drug-likeness (QED) is 0.160. The zero-order valence-electron chi connectivity index (χ0n) is 29.1. The molecule has 54 heavy (non-hydrogen) atoms. The van der Waals surface area contributed by atoms with Crippen molar-refractivity contribution in [1.29, 1.82) is 0 Å². The van der Waals surface area contributed by atoms with Crippen LogP contribution in [-0.2, 0) is 0 Å². The van der Waals surface area contributed by atoms with Crippen LogP contribution in [-0.4, -0.2) is 0 Å². The molecule has 0 unspecified atom stereocenters. The van der Waals surface area contributed by atoms with Crippen molar-refractivity contribution < 1.29 is 0 Å². The van der Waals surface area contributed by atoms with Crippen LogP contribution in [0.15, 0.2) is 182 Å². The van der Waals surface area contributed by atoms with Crippen LogP contribution in [0.25, 0.3) is 117 Å².